The molecule has 17 heavy (non-hydrogen) atoms. The molecule has 0 aliphatic rings. The van der Waals surface area contributed by atoms with Gasteiger partial charge in [0.2, 0.25) is 10.0 Å². The fourth-order valence-electron chi connectivity index (χ4n) is 1.15. The summed E-state index contributed by atoms with van der Waals surface area (Å²) in [6.07, 6.45) is 0.455. The molecule has 1 aromatic rings. The highest BCUT2D eigenvalue weighted by molar-refractivity contribution is 7.92. The van der Waals surface area contributed by atoms with E-state index in [9.17, 15) is 18.0 Å². The summed E-state index contributed by atoms with van der Waals surface area (Å²) < 4.78 is 24.8. The largest absolute Gasteiger partial charge is 0.478 e. The van der Waals surface area contributed by atoms with E-state index in [-0.39, 0.29) is 22.6 Å². The first-order chi connectivity index (χ1) is 7.88. The van der Waals surface area contributed by atoms with Gasteiger partial charge in [-0.15, -0.1) is 0 Å². The number of carboxylic acids is 1. The van der Waals surface area contributed by atoms with E-state index in [4.69, 9.17) is 5.11 Å². The van der Waals surface area contributed by atoms with Crippen molar-refractivity contribution in [3.8, 4) is 0 Å². The quantitative estimate of drug-likeness (QED) is 0.765. The van der Waals surface area contributed by atoms with Crippen LogP contribution in [0.4, 0.5) is 5.69 Å². The van der Waals surface area contributed by atoms with Crippen molar-refractivity contribution in [2.75, 3.05) is 10.5 Å². The molecule has 7 heteroatoms. The Morgan fingerprint density at radius 2 is 2.06 bits per heavy atom. The SMILES string of the molecule is CCS(=O)(=O)Nc1cc(C=O)cc(C(=O)O)c1. The Balaban J connectivity index is 3.20. The molecular formula is C10H11NO5S. The number of hydrogen-bond acceptors (Lipinski definition) is 4. The van der Waals surface area contributed by atoms with E-state index >= 15 is 0 Å². The fourth-order valence-corrected chi connectivity index (χ4v) is 1.78. The van der Waals surface area contributed by atoms with E-state index in [1.54, 1.807) is 0 Å². The second-order valence-electron chi connectivity index (χ2n) is 3.27. The number of anilines is 1. The van der Waals surface area contributed by atoms with Crippen LogP contribution in [0.1, 0.15) is 27.6 Å². The van der Waals surface area contributed by atoms with E-state index in [0.717, 1.165) is 6.07 Å². The average Bonchev–Trinajstić information content (AvgIpc) is 2.28. The monoisotopic (exact) mass is 257 g/mol. The third-order valence-electron chi connectivity index (χ3n) is 1.99. The third-order valence-corrected chi connectivity index (χ3v) is 3.30. The molecule has 0 spiro atoms. The van der Waals surface area contributed by atoms with E-state index in [1.807, 2.05) is 0 Å². The van der Waals surface area contributed by atoms with Crippen molar-refractivity contribution in [3.05, 3.63) is 29.3 Å². The molecule has 0 unspecified atom stereocenters. The van der Waals surface area contributed by atoms with Gasteiger partial charge < -0.3 is 5.11 Å². The smallest absolute Gasteiger partial charge is 0.335 e. The summed E-state index contributed by atoms with van der Waals surface area (Å²) >= 11 is 0. The van der Waals surface area contributed by atoms with Crippen LogP contribution in [0.2, 0.25) is 0 Å². The Kier molecular flexibility index (Phi) is 3.84. The van der Waals surface area contributed by atoms with Crippen molar-refractivity contribution in [3.63, 3.8) is 0 Å². The lowest BCUT2D eigenvalue weighted by molar-refractivity contribution is 0.0697. The number of rotatable bonds is 5. The van der Waals surface area contributed by atoms with Crippen molar-refractivity contribution in [1.82, 2.24) is 0 Å². The lowest BCUT2D eigenvalue weighted by Gasteiger charge is -2.07. The van der Waals surface area contributed by atoms with Crippen LogP contribution in [0.5, 0.6) is 0 Å². The summed E-state index contributed by atoms with van der Waals surface area (Å²) in [5.74, 6) is -1.37. The number of sulfonamides is 1. The molecular weight excluding hydrogens is 246 g/mol. The molecule has 0 saturated heterocycles. The van der Waals surface area contributed by atoms with Gasteiger partial charge in [0, 0.05) is 5.56 Å². The zero-order chi connectivity index (χ0) is 13.1. The Hall–Kier alpha value is -1.89. The highest BCUT2D eigenvalue weighted by atomic mass is 32.2. The van der Waals surface area contributed by atoms with Gasteiger partial charge in [-0.25, -0.2) is 13.2 Å². The fraction of sp³-hybridized carbons (Fsp3) is 0.200. The first kappa shape index (κ1) is 13.2. The molecule has 2 N–H and O–H groups in total. The molecule has 1 rings (SSSR count). The number of aromatic carboxylic acids is 1. The molecule has 0 bridgehead atoms. The molecule has 0 amide bonds. The van der Waals surface area contributed by atoms with Crippen LogP contribution in [0.25, 0.3) is 0 Å². The van der Waals surface area contributed by atoms with Crippen LogP contribution in [0, 0.1) is 0 Å². The molecule has 0 aliphatic heterocycles. The normalized spacial score (nSPS) is 10.9. The lowest BCUT2D eigenvalue weighted by Crippen LogP contribution is -2.15. The topological polar surface area (TPSA) is 101 Å². The second kappa shape index (κ2) is 4.96. The van der Waals surface area contributed by atoms with E-state index in [0.29, 0.717) is 6.29 Å². The van der Waals surface area contributed by atoms with Gasteiger partial charge in [0.05, 0.1) is 17.0 Å². The summed E-state index contributed by atoms with van der Waals surface area (Å²) in [5, 5.41) is 8.79. The van der Waals surface area contributed by atoms with Crippen LogP contribution in [0.3, 0.4) is 0 Å². The number of aldehydes is 1. The minimum absolute atomic E-state index is 0.0638. The van der Waals surface area contributed by atoms with Crippen molar-refractivity contribution >= 4 is 28.0 Å². The molecule has 0 radical (unpaired) electrons. The minimum Gasteiger partial charge on any atom is -0.478 e. The molecule has 0 atom stereocenters. The number of hydrogen-bond donors (Lipinski definition) is 2. The summed E-state index contributed by atoms with van der Waals surface area (Å²) in [6.45, 7) is 1.45. The summed E-state index contributed by atoms with van der Waals surface area (Å²) in [5.41, 5.74) is 0.0101. The van der Waals surface area contributed by atoms with Gasteiger partial charge >= 0.3 is 5.97 Å². The average molecular weight is 257 g/mol. The van der Waals surface area contributed by atoms with Crippen molar-refractivity contribution in [2.45, 2.75) is 6.92 Å². The number of nitrogens with one attached hydrogen (secondary N) is 1. The van der Waals surface area contributed by atoms with Crippen LogP contribution in [-0.4, -0.2) is 31.5 Å². The van der Waals surface area contributed by atoms with Crippen LogP contribution in [0.15, 0.2) is 18.2 Å². The molecule has 0 heterocycles. The molecule has 92 valence electrons. The molecule has 0 aliphatic carbocycles. The Bertz CT molecular complexity index is 550. The molecule has 0 fully saturated rings. The molecule has 0 aromatic heterocycles. The number of carbonyl (C=O) groups is 2. The van der Waals surface area contributed by atoms with Gasteiger partial charge in [0.15, 0.2) is 0 Å². The van der Waals surface area contributed by atoms with Gasteiger partial charge in [-0.3, -0.25) is 9.52 Å². The van der Waals surface area contributed by atoms with Gasteiger partial charge in [0.25, 0.3) is 0 Å². The van der Waals surface area contributed by atoms with Crippen molar-refractivity contribution in [1.29, 1.82) is 0 Å². The highest BCUT2D eigenvalue weighted by Crippen LogP contribution is 2.15. The number of carboxylic acid groups (broad SMARTS) is 1. The molecule has 1 aromatic carbocycles. The number of carbonyl (C=O) groups excluding carboxylic acids is 1. The van der Waals surface area contributed by atoms with Crippen molar-refractivity contribution in [2.24, 2.45) is 0 Å². The Morgan fingerprint density at radius 1 is 1.41 bits per heavy atom. The third kappa shape index (κ3) is 3.56. The van der Waals surface area contributed by atoms with Gasteiger partial charge in [-0.05, 0) is 25.1 Å². The van der Waals surface area contributed by atoms with Gasteiger partial charge in [-0.2, -0.15) is 0 Å². The summed E-state index contributed by atoms with van der Waals surface area (Å²) in [7, 11) is -3.50. The standard InChI is InChI=1S/C10H11NO5S/c1-2-17(15,16)11-9-4-7(6-12)3-8(5-9)10(13)14/h3-6,11H,2H2,1H3,(H,13,14). The van der Waals surface area contributed by atoms with Crippen molar-refractivity contribution < 1.29 is 23.1 Å². The maximum atomic E-state index is 11.3. The van der Waals surface area contributed by atoms with Gasteiger partial charge in [0.1, 0.15) is 6.29 Å². The van der Waals surface area contributed by atoms with Crippen LogP contribution < -0.4 is 4.72 Å². The van der Waals surface area contributed by atoms with E-state index in [2.05, 4.69) is 4.72 Å². The maximum absolute atomic E-state index is 11.3. The van der Waals surface area contributed by atoms with Gasteiger partial charge in [-0.1, -0.05) is 0 Å². The van der Waals surface area contributed by atoms with Crippen LogP contribution >= 0.6 is 0 Å². The van der Waals surface area contributed by atoms with Crippen LogP contribution in [-0.2, 0) is 10.0 Å². The predicted molar refractivity (Wildman–Crippen MR) is 61.9 cm³/mol. The number of benzene rings is 1. The van der Waals surface area contributed by atoms with E-state index in [1.165, 1.54) is 19.1 Å². The summed E-state index contributed by atoms with van der Waals surface area (Å²) in [4.78, 5) is 21.4. The molecule has 6 nitrogen and oxygen atoms in total. The minimum atomic E-state index is -3.50. The van der Waals surface area contributed by atoms with E-state index < -0.39 is 16.0 Å². The Morgan fingerprint density at radius 3 is 2.53 bits per heavy atom. The first-order valence-electron chi connectivity index (χ1n) is 4.72. The summed E-state index contributed by atoms with van der Waals surface area (Å²) in [6, 6.07) is 3.59. The molecule has 0 saturated carbocycles. The highest BCUT2D eigenvalue weighted by Gasteiger charge is 2.11. The zero-order valence-electron chi connectivity index (χ0n) is 9.00. The Labute approximate surface area is 98.3 Å². The maximum Gasteiger partial charge on any atom is 0.335 e. The predicted octanol–water partition coefficient (Wildman–Crippen LogP) is 0.959. The zero-order valence-corrected chi connectivity index (χ0v) is 9.82. The first-order valence-corrected chi connectivity index (χ1v) is 6.37. The second-order valence-corrected chi connectivity index (χ2v) is 5.28. The lowest BCUT2D eigenvalue weighted by atomic mass is 10.1.